The lowest BCUT2D eigenvalue weighted by Gasteiger charge is -2.24. The predicted molar refractivity (Wildman–Crippen MR) is 79.6 cm³/mol. The monoisotopic (exact) mass is 299 g/mol. The zero-order valence-corrected chi connectivity index (χ0v) is 12.9. The molecule has 21 heavy (non-hydrogen) atoms. The Morgan fingerprint density at radius 3 is 2.05 bits per heavy atom. The molecule has 0 bridgehead atoms. The zero-order chi connectivity index (χ0) is 16.2. The van der Waals surface area contributed by atoms with Gasteiger partial charge in [0.05, 0.1) is 11.3 Å². The van der Waals surface area contributed by atoms with Crippen molar-refractivity contribution in [2.75, 3.05) is 5.32 Å². The Morgan fingerprint density at radius 2 is 1.62 bits per heavy atom. The van der Waals surface area contributed by atoms with Crippen LogP contribution in [0.4, 0.5) is 14.5 Å². The van der Waals surface area contributed by atoms with Crippen LogP contribution in [0, 0.1) is 23.5 Å². The third kappa shape index (κ3) is 5.33. The summed E-state index contributed by atoms with van der Waals surface area (Å²) in [6, 6.07) is 1.67. The van der Waals surface area contributed by atoms with Crippen LogP contribution in [0.1, 0.15) is 50.9 Å². The van der Waals surface area contributed by atoms with E-state index in [1.807, 2.05) is 0 Å². The van der Waals surface area contributed by atoms with Crippen LogP contribution in [0.5, 0.6) is 0 Å². The molecule has 0 heterocycles. The molecule has 0 fully saturated rings. The number of anilines is 1. The molecule has 0 spiro atoms. The second-order valence-corrected chi connectivity index (χ2v) is 6.22. The van der Waals surface area contributed by atoms with Crippen LogP contribution in [0.2, 0.25) is 0 Å². The van der Waals surface area contributed by atoms with Crippen molar-refractivity contribution in [3.63, 3.8) is 0 Å². The number of carboxylic acids is 1. The molecule has 0 aromatic heterocycles. The number of rotatable bonds is 7. The maximum Gasteiger partial charge on any atom is 0.338 e. The van der Waals surface area contributed by atoms with E-state index in [0.29, 0.717) is 17.9 Å². The first-order valence-corrected chi connectivity index (χ1v) is 7.19. The van der Waals surface area contributed by atoms with Gasteiger partial charge in [0.1, 0.15) is 11.6 Å². The first-order chi connectivity index (χ1) is 9.70. The van der Waals surface area contributed by atoms with Crippen LogP contribution in [0.3, 0.4) is 0 Å². The molecule has 5 heteroatoms. The molecule has 1 aromatic rings. The van der Waals surface area contributed by atoms with Crippen molar-refractivity contribution in [3.8, 4) is 0 Å². The molecule has 0 aliphatic heterocycles. The highest BCUT2D eigenvalue weighted by molar-refractivity contribution is 5.89. The van der Waals surface area contributed by atoms with Gasteiger partial charge in [0.2, 0.25) is 0 Å². The Morgan fingerprint density at radius 1 is 1.10 bits per heavy atom. The van der Waals surface area contributed by atoms with Gasteiger partial charge in [0, 0.05) is 12.1 Å². The second-order valence-electron chi connectivity index (χ2n) is 6.22. The van der Waals surface area contributed by atoms with E-state index in [1.54, 1.807) is 0 Å². The van der Waals surface area contributed by atoms with Crippen molar-refractivity contribution in [3.05, 3.63) is 29.3 Å². The van der Waals surface area contributed by atoms with Crippen LogP contribution < -0.4 is 5.32 Å². The van der Waals surface area contributed by atoms with Crippen molar-refractivity contribution in [2.24, 2.45) is 11.8 Å². The van der Waals surface area contributed by atoms with Crippen molar-refractivity contribution < 1.29 is 18.7 Å². The number of nitrogens with one attached hydrogen (secondary N) is 1. The van der Waals surface area contributed by atoms with Crippen LogP contribution in [-0.4, -0.2) is 17.1 Å². The van der Waals surface area contributed by atoms with Crippen LogP contribution in [0.15, 0.2) is 12.1 Å². The molecule has 3 nitrogen and oxygen atoms in total. The number of aromatic carboxylic acids is 1. The van der Waals surface area contributed by atoms with Crippen LogP contribution in [0.25, 0.3) is 0 Å². The maximum atomic E-state index is 13.8. The van der Waals surface area contributed by atoms with Gasteiger partial charge < -0.3 is 10.4 Å². The van der Waals surface area contributed by atoms with E-state index in [0.717, 1.165) is 18.9 Å². The van der Waals surface area contributed by atoms with Gasteiger partial charge >= 0.3 is 5.97 Å². The zero-order valence-electron chi connectivity index (χ0n) is 12.9. The molecule has 0 aliphatic carbocycles. The lowest BCUT2D eigenvalue weighted by molar-refractivity contribution is 0.0692. The van der Waals surface area contributed by atoms with Crippen molar-refractivity contribution in [1.82, 2.24) is 0 Å². The Kier molecular flexibility index (Phi) is 6.12. The quantitative estimate of drug-likeness (QED) is 0.777. The summed E-state index contributed by atoms with van der Waals surface area (Å²) in [5, 5.41) is 11.9. The Hall–Kier alpha value is -1.65. The minimum atomic E-state index is -1.40. The highest BCUT2D eigenvalue weighted by Crippen LogP contribution is 2.24. The van der Waals surface area contributed by atoms with Gasteiger partial charge in [-0.25, -0.2) is 13.6 Å². The molecule has 2 N–H and O–H groups in total. The summed E-state index contributed by atoms with van der Waals surface area (Å²) in [5.41, 5.74) is -0.480. The first kappa shape index (κ1) is 17.4. The van der Waals surface area contributed by atoms with Crippen LogP contribution in [-0.2, 0) is 0 Å². The molecule has 0 aliphatic rings. The molecule has 1 aromatic carbocycles. The molecular weight excluding hydrogens is 276 g/mol. The minimum absolute atomic E-state index is 0.0200. The summed E-state index contributed by atoms with van der Waals surface area (Å²) in [5.74, 6) is -2.39. The Balaban J connectivity index is 3.02. The molecule has 118 valence electrons. The Labute approximate surface area is 124 Å². The number of carbonyl (C=O) groups is 1. The number of halogens is 2. The van der Waals surface area contributed by atoms with Crippen LogP contribution >= 0.6 is 0 Å². The van der Waals surface area contributed by atoms with Gasteiger partial charge in [-0.15, -0.1) is 0 Å². The highest BCUT2D eigenvalue weighted by atomic mass is 19.1. The largest absolute Gasteiger partial charge is 0.478 e. The summed E-state index contributed by atoms with van der Waals surface area (Å²) in [4.78, 5) is 10.9. The summed E-state index contributed by atoms with van der Waals surface area (Å²) < 4.78 is 27.2. The average Bonchev–Trinajstić information content (AvgIpc) is 2.30. The van der Waals surface area contributed by atoms with Crippen molar-refractivity contribution in [1.29, 1.82) is 0 Å². The molecule has 0 saturated carbocycles. The van der Waals surface area contributed by atoms with Crippen molar-refractivity contribution >= 4 is 11.7 Å². The average molecular weight is 299 g/mol. The van der Waals surface area contributed by atoms with E-state index in [1.165, 1.54) is 0 Å². The van der Waals surface area contributed by atoms with E-state index >= 15 is 0 Å². The number of hydrogen-bond acceptors (Lipinski definition) is 2. The number of carboxylic acid groups (broad SMARTS) is 1. The molecule has 0 atom stereocenters. The maximum absolute atomic E-state index is 13.8. The summed E-state index contributed by atoms with van der Waals surface area (Å²) in [7, 11) is 0. The van der Waals surface area contributed by atoms with Gasteiger partial charge in [-0.2, -0.15) is 0 Å². The fourth-order valence-electron chi connectivity index (χ4n) is 2.40. The normalized spacial score (nSPS) is 11.5. The number of hydrogen-bond donors (Lipinski definition) is 2. The van der Waals surface area contributed by atoms with Gasteiger partial charge in [-0.3, -0.25) is 0 Å². The third-order valence-corrected chi connectivity index (χ3v) is 3.16. The smallest absolute Gasteiger partial charge is 0.338 e. The SMILES string of the molecule is CC(C)CC(CC(C)C)Nc1cc(C(=O)O)c(F)cc1F. The fourth-order valence-corrected chi connectivity index (χ4v) is 2.40. The third-order valence-electron chi connectivity index (χ3n) is 3.16. The summed E-state index contributed by atoms with van der Waals surface area (Å²) in [6.07, 6.45) is 1.66. The molecular formula is C16H23F2NO2. The Bertz CT molecular complexity index is 491. The van der Waals surface area contributed by atoms with Gasteiger partial charge in [-0.05, 0) is 30.7 Å². The van der Waals surface area contributed by atoms with E-state index < -0.39 is 23.2 Å². The molecule has 0 radical (unpaired) electrons. The standard InChI is InChI=1S/C16H23F2NO2/c1-9(2)5-11(6-10(3)4)19-15-7-12(16(20)21)13(17)8-14(15)18/h7-11,19H,5-6H2,1-4H3,(H,20,21). The van der Waals surface area contributed by atoms with E-state index in [-0.39, 0.29) is 11.7 Å². The predicted octanol–water partition coefficient (Wildman–Crippen LogP) is 4.54. The molecule has 0 unspecified atom stereocenters. The summed E-state index contributed by atoms with van der Waals surface area (Å²) in [6.45, 7) is 8.27. The van der Waals surface area contributed by atoms with Crippen molar-refractivity contribution in [2.45, 2.75) is 46.6 Å². The number of benzene rings is 1. The fraction of sp³-hybridized carbons (Fsp3) is 0.562. The van der Waals surface area contributed by atoms with Gasteiger partial charge in [-0.1, -0.05) is 27.7 Å². The lowest BCUT2D eigenvalue weighted by Crippen LogP contribution is -2.24. The van der Waals surface area contributed by atoms with E-state index in [9.17, 15) is 13.6 Å². The topological polar surface area (TPSA) is 49.3 Å². The summed E-state index contributed by atoms with van der Waals surface area (Å²) >= 11 is 0. The molecule has 0 amide bonds. The van der Waals surface area contributed by atoms with E-state index in [4.69, 9.17) is 5.11 Å². The van der Waals surface area contributed by atoms with E-state index in [2.05, 4.69) is 33.0 Å². The minimum Gasteiger partial charge on any atom is -0.478 e. The van der Waals surface area contributed by atoms with Gasteiger partial charge in [0.15, 0.2) is 0 Å². The molecule has 1 rings (SSSR count). The highest BCUT2D eigenvalue weighted by Gasteiger charge is 2.19. The van der Waals surface area contributed by atoms with Gasteiger partial charge in [0.25, 0.3) is 0 Å². The first-order valence-electron chi connectivity index (χ1n) is 7.19. The molecule has 0 saturated heterocycles. The second kappa shape index (κ2) is 7.38. The lowest BCUT2D eigenvalue weighted by atomic mass is 9.95.